The van der Waals surface area contributed by atoms with Gasteiger partial charge in [-0.15, -0.1) is 0 Å². The van der Waals surface area contributed by atoms with Crippen LogP contribution in [-0.4, -0.2) is 89.5 Å². The number of amides is 1. The number of anilines is 1. The third-order valence-electron chi connectivity index (χ3n) is 6.64. The van der Waals surface area contributed by atoms with Crippen LogP contribution in [-0.2, 0) is 17.8 Å². The van der Waals surface area contributed by atoms with Crippen LogP contribution in [0.1, 0.15) is 49.7 Å². The largest absolute Gasteiger partial charge is 0.355 e. The van der Waals surface area contributed by atoms with E-state index < -0.39 is 0 Å². The summed E-state index contributed by atoms with van der Waals surface area (Å²) in [5, 5.41) is 0. The zero-order chi connectivity index (χ0) is 20.2. The molecule has 1 aromatic rings. The van der Waals surface area contributed by atoms with Crippen molar-refractivity contribution < 1.29 is 4.79 Å². The molecule has 3 aliphatic heterocycles. The number of likely N-dealkylation sites (tertiary alicyclic amines) is 1. The lowest BCUT2D eigenvalue weighted by molar-refractivity contribution is -0.129. The molecule has 0 aromatic carbocycles. The second kappa shape index (κ2) is 9.39. The first-order valence-electron chi connectivity index (χ1n) is 11.4. The molecule has 7 nitrogen and oxygen atoms in total. The highest BCUT2D eigenvalue weighted by Gasteiger charge is 2.26. The minimum absolute atomic E-state index is 0.132. The van der Waals surface area contributed by atoms with Crippen molar-refractivity contribution in [3.8, 4) is 0 Å². The number of carbonyl (C=O) groups is 1. The van der Waals surface area contributed by atoms with Gasteiger partial charge in [-0.05, 0) is 71.8 Å². The average Bonchev–Trinajstić information content (AvgIpc) is 3.11. The fraction of sp³-hybridized carbons (Fsp3) is 0.773. The quantitative estimate of drug-likeness (QED) is 0.750. The van der Waals surface area contributed by atoms with E-state index in [9.17, 15) is 4.79 Å². The van der Waals surface area contributed by atoms with E-state index in [1.54, 1.807) is 6.92 Å². The van der Waals surface area contributed by atoms with Gasteiger partial charge in [-0.1, -0.05) is 0 Å². The minimum atomic E-state index is 0.132. The molecule has 0 N–H and O–H groups in total. The summed E-state index contributed by atoms with van der Waals surface area (Å²) < 4.78 is 0. The molecular formula is C22H36N6O. The van der Waals surface area contributed by atoms with Gasteiger partial charge in [0.1, 0.15) is 11.6 Å². The molecule has 160 valence electrons. The van der Waals surface area contributed by atoms with Gasteiger partial charge in [0, 0.05) is 38.7 Å². The van der Waals surface area contributed by atoms with Gasteiger partial charge >= 0.3 is 0 Å². The van der Waals surface area contributed by atoms with Gasteiger partial charge in [-0.3, -0.25) is 4.79 Å². The van der Waals surface area contributed by atoms with Crippen LogP contribution < -0.4 is 4.90 Å². The summed E-state index contributed by atoms with van der Waals surface area (Å²) >= 11 is 0. The zero-order valence-corrected chi connectivity index (χ0v) is 18.2. The number of hydrogen-bond donors (Lipinski definition) is 0. The van der Waals surface area contributed by atoms with E-state index in [0.29, 0.717) is 6.54 Å². The van der Waals surface area contributed by atoms with E-state index >= 15 is 0 Å². The van der Waals surface area contributed by atoms with Crippen LogP contribution in [0.3, 0.4) is 0 Å². The Morgan fingerprint density at radius 2 is 1.62 bits per heavy atom. The van der Waals surface area contributed by atoms with Crippen LogP contribution in [0.15, 0.2) is 0 Å². The van der Waals surface area contributed by atoms with E-state index in [0.717, 1.165) is 49.9 Å². The fourth-order valence-electron chi connectivity index (χ4n) is 4.99. The van der Waals surface area contributed by atoms with E-state index in [-0.39, 0.29) is 5.91 Å². The van der Waals surface area contributed by atoms with Gasteiger partial charge in [0.15, 0.2) is 0 Å². The SMILES string of the molecule is CC(=O)N1CCc2c(nc(C)nc2N2CCCN(CCCN3CCCC3)CC2)C1. The van der Waals surface area contributed by atoms with E-state index in [1.807, 2.05) is 11.8 Å². The zero-order valence-electron chi connectivity index (χ0n) is 18.2. The van der Waals surface area contributed by atoms with Crippen LogP contribution in [0.4, 0.5) is 5.82 Å². The molecule has 0 spiro atoms. The van der Waals surface area contributed by atoms with Crippen molar-refractivity contribution in [3.63, 3.8) is 0 Å². The summed E-state index contributed by atoms with van der Waals surface area (Å²) in [7, 11) is 0. The van der Waals surface area contributed by atoms with Gasteiger partial charge in [0.2, 0.25) is 5.91 Å². The lowest BCUT2D eigenvalue weighted by Gasteiger charge is -2.31. The summed E-state index contributed by atoms with van der Waals surface area (Å²) in [5.74, 6) is 2.07. The smallest absolute Gasteiger partial charge is 0.219 e. The van der Waals surface area contributed by atoms with Gasteiger partial charge in [0.25, 0.3) is 0 Å². The highest BCUT2D eigenvalue weighted by molar-refractivity contribution is 5.73. The normalized spacial score (nSPS) is 21.3. The van der Waals surface area contributed by atoms with Gasteiger partial charge in [-0.25, -0.2) is 9.97 Å². The Balaban J connectivity index is 1.37. The molecule has 2 fully saturated rings. The first kappa shape index (κ1) is 20.5. The highest BCUT2D eigenvalue weighted by atomic mass is 16.2. The van der Waals surface area contributed by atoms with Crippen LogP contribution >= 0.6 is 0 Å². The molecule has 2 saturated heterocycles. The molecule has 7 heteroatoms. The fourth-order valence-corrected chi connectivity index (χ4v) is 4.99. The van der Waals surface area contributed by atoms with Gasteiger partial charge < -0.3 is 19.6 Å². The Hall–Kier alpha value is -1.73. The maximum Gasteiger partial charge on any atom is 0.219 e. The second-order valence-corrected chi connectivity index (χ2v) is 8.79. The maximum absolute atomic E-state index is 11.8. The van der Waals surface area contributed by atoms with Crippen LogP contribution in [0, 0.1) is 6.92 Å². The first-order valence-corrected chi connectivity index (χ1v) is 11.4. The van der Waals surface area contributed by atoms with Crippen molar-refractivity contribution in [1.29, 1.82) is 0 Å². The Labute approximate surface area is 175 Å². The molecule has 0 radical (unpaired) electrons. The Bertz CT molecular complexity index is 717. The third-order valence-corrected chi connectivity index (χ3v) is 6.64. The predicted octanol–water partition coefficient (Wildman–Crippen LogP) is 1.69. The highest BCUT2D eigenvalue weighted by Crippen LogP contribution is 2.27. The molecule has 0 aliphatic carbocycles. The van der Waals surface area contributed by atoms with Gasteiger partial charge in [0.05, 0.1) is 12.2 Å². The molecule has 0 atom stereocenters. The molecule has 1 aromatic heterocycles. The van der Waals surface area contributed by atoms with Crippen molar-refractivity contribution in [2.45, 2.75) is 52.5 Å². The summed E-state index contributed by atoms with van der Waals surface area (Å²) in [4.78, 5) is 30.9. The van der Waals surface area contributed by atoms with Gasteiger partial charge in [-0.2, -0.15) is 0 Å². The monoisotopic (exact) mass is 400 g/mol. The molecular weight excluding hydrogens is 364 g/mol. The number of hydrogen-bond acceptors (Lipinski definition) is 6. The number of fused-ring (bicyclic) bond motifs is 1. The number of aromatic nitrogens is 2. The van der Waals surface area contributed by atoms with Crippen molar-refractivity contribution in [3.05, 3.63) is 17.1 Å². The third kappa shape index (κ3) is 5.07. The predicted molar refractivity (Wildman–Crippen MR) is 115 cm³/mol. The molecule has 0 bridgehead atoms. The molecule has 4 heterocycles. The Morgan fingerprint density at radius 1 is 0.897 bits per heavy atom. The topological polar surface area (TPSA) is 55.8 Å². The van der Waals surface area contributed by atoms with Crippen LogP contribution in [0.2, 0.25) is 0 Å². The standard InChI is InChI=1S/C22H36N6O/c1-18-23-21-17-28(19(2)29)14-7-20(21)22(24-18)27-13-6-12-26(15-16-27)11-5-10-25-8-3-4-9-25/h3-17H2,1-2H3. The molecule has 3 aliphatic rings. The first-order chi connectivity index (χ1) is 14.1. The Kier molecular flexibility index (Phi) is 6.65. The summed E-state index contributed by atoms with van der Waals surface area (Å²) in [6.45, 7) is 14.5. The second-order valence-electron chi connectivity index (χ2n) is 8.79. The van der Waals surface area contributed by atoms with Crippen molar-refractivity contribution in [2.75, 3.05) is 63.8 Å². The molecule has 29 heavy (non-hydrogen) atoms. The minimum Gasteiger partial charge on any atom is -0.355 e. The molecule has 4 rings (SSSR count). The molecule has 0 unspecified atom stereocenters. The van der Waals surface area contributed by atoms with Crippen LogP contribution in [0.25, 0.3) is 0 Å². The average molecular weight is 401 g/mol. The van der Waals surface area contributed by atoms with E-state index in [2.05, 4.69) is 19.7 Å². The van der Waals surface area contributed by atoms with E-state index in [1.165, 1.54) is 64.0 Å². The van der Waals surface area contributed by atoms with Crippen LogP contribution in [0.5, 0.6) is 0 Å². The molecule has 0 saturated carbocycles. The number of rotatable bonds is 5. The Morgan fingerprint density at radius 3 is 2.38 bits per heavy atom. The van der Waals surface area contributed by atoms with Crippen molar-refractivity contribution >= 4 is 11.7 Å². The summed E-state index contributed by atoms with van der Waals surface area (Å²) in [6, 6.07) is 0. The van der Waals surface area contributed by atoms with Crippen molar-refractivity contribution in [1.82, 2.24) is 24.7 Å². The number of aryl methyl sites for hydroxylation is 1. The van der Waals surface area contributed by atoms with Crippen molar-refractivity contribution in [2.24, 2.45) is 0 Å². The maximum atomic E-state index is 11.8. The number of nitrogens with zero attached hydrogens (tertiary/aromatic N) is 6. The molecule has 1 amide bonds. The number of carbonyl (C=O) groups excluding carboxylic acids is 1. The lowest BCUT2D eigenvalue weighted by atomic mass is 10.0. The summed E-state index contributed by atoms with van der Waals surface area (Å²) in [6.07, 6.45) is 6.08. The lowest BCUT2D eigenvalue weighted by Crippen LogP contribution is -2.38. The van der Waals surface area contributed by atoms with E-state index in [4.69, 9.17) is 4.98 Å². The summed E-state index contributed by atoms with van der Waals surface area (Å²) in [5.41, 5.74) is 2.30.